The number of aryl methyl sites for hydroxylation is 1. The third kappa shape index (κ3) is 5.33. The lowest BCUT2D eigenvalue weighted by Crippen LogP contribution is -2.19. The number of hydrogen-bond acceptors (Lipinski definition) is 2. The fourth-order valence-corrected chi connectivity index (χ4v) is 1.89. The van der Waals surface area contributed by atoms with Crippen LogP contribution in [0.5, 0.6) is 0 Å². The van der Waals surface area contributed by atoms with Crippen LogP contribution in [0.1, 0.15) is 50.3 Å². The lowest BCUT2D eigenvalue weighted by molar-refractivity contribution is 0.282. The van der Waals surface area contributed by atoms with Crippen LogP contribution in [0.3, 0.4) is 0 Å². The largest absolute Gasteiger partial charge is 0.396 e. The van der Waals surface area contributed by atoms with E-state index in [9.17, 15) is 0 Å². The quantitative estimate of drug-likeness (QED) is 0.679. The fraction of sp³-hybridized carbons (Fsp3) is 0.600. The average Bonchev–Trinajstić information content (AvgIpc) is 2.38. The van der Waals surface area contributed by atoms with Crippen LogP contribution in [0.4, 0.5) is 0 Å². The van der Waals surface area contributed by atoms with Crippen molar-refractivity contribution in [2.24, 2.45) is 0 Å². The zero-order chi connectivity index (χ0) is 12.5. The number of aliphatic hydroxyl groups excluding tert-OH is 1. The Bertz CT molecular complexity index is 294. The molecule has 2 heteroatoms. The molecule has 1 aromatic rings. The summed E-state index contributed by atoms with van der Waals surface area (Å²) in [5.74, 6) is 0. The molecule has 0 saturated carbocycles. The molecule has 0 aliphatic rings. The van der Waals surface area contributed by atoms with Crippen molar-refractivity contribution in [3.8, 4) is 0 Å². The lowest BCUT2D eigenvalue weighted by Gasteiger charge is -2.14. The molecule has 0 aliphatic carbocycles. The van der Waals surface area contributed by atoms with Crippen molar-refractivity contribution in [2.75, 3.05) is 13.2 Å². The first-order valence-corrected chi connectivity index (χ1v) is 6.71. The second-order valence-corrected chi connectivity index (χ2v) is 4.56. The minimum Gasteiger partial charge on any atom is -0.396 e. The highest BCUT2D eigenvalue weighted by Crippen LogP contribution is 2.13. The van der Waals surface area contributed by atoms with Gasteiger partial charge in [0.1, 0.15) is 0 Å². The molecule has 1 rings (SSSR count). The zero-order valence-electron chi connectivity index (χ0n) is 11.1. The van der Waals surface area contributed by atoms with E-state index in [0.29, 0.717) is 12.6 Å². The molecule has 2 N–H and O–H groups in total. The molecule has 0 aliphatic heterocycles. The number of rotatable bonds is 8. The first kappa shape index (κ1) is 14.2. The van der Waals surface area contributed by atoms with Crippen LogP contribution >= 0.6 is 0 Å². The molecule has 0 radical (unpaired) electrons. The maximum atomic E-state index is 8.68. The Balaban J connectivity index is 2.28. The molecular formula is C15H25NO. The topological polar surface area (TPSA) is 32.3 Å². The van der Waals surface area contributed by atoms with Gasteiger partial charge in [0.2, 0.25) is 0 Å². The van der Waals surface area contributed by atoms with Gasteiger partial charge < -0.3 is 10.4 Å². The molecule has 1 unspecified atom stereocenters. The second kappa shape index (κ2) is 8.26. The predicted octanol–water partition coefficient (Wildman–Crippen LogP) is 3.06. The van der Waals surface area contributed by atoms with Gasteiger partial charge in [-0.05, 0) is 50.3 Å². The second-order valence-electron chi connectivity index (χ2n) is 4.56. The molecule has 17 heavy (non-hydrogen) atoms. The summed E-state index contributed by atoms with van der Waals surface area (Å²) in [5.41, 5.74) is 2.74. The van der Waals surface area contributed by atoms with Gasteiger partial charge in [0.25, 0.3) is 0 Å². The summed E-state index contributed by atoms with van der Waals surface area (Å²) in [6.45, 7) is 5.72. The van der Waals surface area contributed by atoms with Gasteiger partial charge in [-0.25, -0.2) is 0 Å². The molecule has 1 aromatic carbocycles. The maximum Gasteiger partial charge on any atom is 0.0431 e. The molecular weight excluding hydrogens is 210 g/mol. The monoisotopic (exact) mass is 235 g/mol. The molecule has 96 valence electrons. The normalized spacial score (nSPS) is 12.6. The van der Waals surface area contributed by atoms with Crippen LogP contribution in [0, 0.1) is 0 Å². The van der Waals surface area contributed by atoms with E-state index in [-0.39, 0.29) is 0 Å². The lowest BCUT2D eigenvalue weighted by atomic mass is 10.0. The summed E-state index contributed by atoms with van der Waals surface area (Å²) in [6.07, 6.45) is 4.26. The third-order valence-corrected chi connectivity index (χ3v) is 3.17. The number of hydrogen-bond donors (Lipinski definition) is 2. The van der Waals surface area contributed by atoms with Gasteiger partial charge in [0.15, 0.2) is 0 Å². The number of benzene rings is 1. The van der Waals surface area contributed by atoms with Crippen LogP contribution in [0.2, 0.25) is 0 Å². The minimum absolute atomic E-state index is 0.314. The molecule has 2 nitrogen and oxygen atoms in total. The van der Waals surface area contributed by atoms with Gasteiger partial charge in [0.05, 0.1) is 0 Å². The van der Waals surface area contributed by atoms with Gasteiger partial charge in [0, 0.05) is 12.6 Å². The Kier molecular flexibility index (Phi) is 6.90. The maximum absolute atomic E-state index is 8.68. The van der Waals surface area contributed by atoms with Crippen molar-refractivity contribution in [1.29, 1.82) is 0 Å². The summed E-state index contributed by atoms with van der Waals surface area (Å²) < 4.78 is 0. The predicted molar refractivity (Wildman–Crippen MR) is 73.2 cm³/mol. The molecule has 0 amide bonds. The fourth-order valence-electron chi connectivity index (χ4n) is 1.89. The van der Waals surface area contributed by atoms with Crippen molar-refractivity contribution in [3.63, 3.8) is 0 Å². The zero-order valence-corrected chi connectivity index (χ0v) is 11.1. The molecule has 0 bridgehead atoms. The summed E-state index contributed by atoms with van der Waals surface area (Å²) >= 11 is 0. The highest BCUT2D eigenvalue weighted by atomic mass is 16.2. The Hall–Kier alpha value is -0.860. The smallest absolute Gasteiger partial charge is 0.0431 e. The van der Waals surface area contributed by atoms with E-state index in [1.165, 1.54) is 11.1 Å². The van der Waals surface area contributed by atoms with E-state index in [1.807, 2.05) is 0 Å². The van der Waals surface area contributed by atoms with Gasteiger partial charge in [-0.1, -0.05) is 31.2 Å². The first-order chi connectivity index (χ1) is 8.27. The van der Waals surface area contributed by atoms with E-state index >= 15 is 0 Å². The Morgan fingerprint density at radius 3 is 2.41 bits per heavy atom. The van der Waals surface area contributed by atoms with Crippen molar-refractivity contribution in [2.45, 2.75) is 45.6 Å². The Morgan fingerprint density at radius 2 is 1.82 bits per heavy atom. The van der Waals surface area contributed by atoms with Crippen molar-refractivity contribution in [3.05, 3.63) is 35.4 Å². The summed E-state index contributed by atoms with van der Waals surface area (Å²) in [4.78, 5) is 0. The molecule has 0 saturated heterocycles. The Morgan fingerprint density at radius 1 is 1.12 bits per heavy atom. The van der Waals surface area contributed by atoms with E-state index in [2.05, 4.69) is 43.4 Å². The molecule has 1 atom stereocenters. The highest BCUT2D eigenvalue weighted by Gasteiger charge is 2.03. The summed E-state index contributed by atoms with van der Waals surface area (Å²) in [7, 11) is 0. The van der Waals surface area contributed by atoms with Gasteiger partial charge in [-0.2, -0.15) is 0 Å². The van der Waals surface area contributed by atoms with Gasteiger partial charge in [-0.3, -0.25) is 0 Å². The van der Waals surface area contributed by atoms with Crippen LogP contribution in [-0.4, -0.2) is 18.3 Å². The van der Waals surface area contributed by atoms with E-state index in [1.54, 1.807) is 0 Å². The van der Waals surface area contributed by atoms with Crippen molar-refractivity contribution in [1.82, 2.24) is 5.32 Å². The van der Waals surface area contributed by atoms with E-state index < -0.39 is 0 Å². The van der Waals surface area contributed by atoms with Crippen molar-refractivity contribution >= 4 is 0 Å². The van der Waals surface area contributed by atoms with Crippen LogP contribution in [-0.2, 0) is 6.42 Å². The first-order valence-electron chi connectivity index (χ1n) is 6.71. The SMILES string of the molecule is CCc1ccc(C(C)NCCCCCO)cc1. The van der Waals surface area contributed by atoms with Crippen LogP contribution in [0.15, 0.2) is 24.3 Å². The number of nitrogens with one attached hydrogen (secondary N) is 1. The Labute approximate surface area is 105 Å². The minimum atomic E-state index is 0.314. The van der Waals surface area contributed by atoms with E-state index in [0.717, 1.165) is 32.2 Å². The highest BCUT2D eigenvalue weighted by molar-refractivity contribution is 5.24. The summed E-state index contributed by atoms with van der Waals surface area (Å²) in [6, 6.07) is 9.25. The molecule has 0 heterocycles. The third-order valence-electron chi connectivity index (χ3n) is 3.17. The van der Waals surface area contributed by atoms with Crippen LogP contribution in [0.25, 0.3) is 0 Å². The molecule has 0 spiro atoms. The van der Waals surface area contributed by atoms with E-state index in [4.69, 9.17) is 5.11 Å². The number of aliphatic hydroxyl groups is 1. The van der Waals surface area contributed by atoms with Gasteiger partial charge in [-0.15, -0.1) is 0 Å². The standard InChI is InChI=1S/C15H25NO/c1-3-14-7-9-15(10-8-14)13(2)16-11-5-4-6-12-17/h7-10,13,16-17H,3-6,11-12H2,1-2H3. The summed E-state index contributed by atoms with van der Waals surface area (Å²) in [5, 5.41) is 12.2. The molecule has 0 aromatic heterocycles. The average molecular weight is 235 g/mol. The number of unbranched alkanes of at least 4 members (excludes halogenated alkanes) is 2. The van der Waals surface area contributed by atoms with Crippen LogP contribution < -0.4 is 5.32 Å². The van der Waals surface area contributed by atoms with Crippen molar-refractivity contribution < 1.29 is 5.11 Å². The molecule has 0 fully saturated rings. The van der Waals surface area contributed by atoms with Gasteiger partial charge >= 0.3 is 0 Å².